The van der Waals surface area contributed by atoms with E-state index in [0.717, 1.165) is 46.7 Å². The van der Waals surface area contributed by atoms with E-state index in [1.54, 1.807) is 7.11 Å². The molecule has 7 nitrogen and oxygen atoms in total. The van der Waals surface area contributed by atoms with Crippen LogP contribution >= 0.6 is 0 Å². The van der Waals surface area contributed by atoms with Gasteiger partial charge in [-0.2, -0.15) is 13.1 Å². The third-order valence-electron chi connectivity index (χ3n) is 6.20. The largest absolute Gasteiger partial charge is 0.493 e. The molecule has 8 heteroatoms. The van der Waals surface area contributed by atoms with Crippen LogP contribution in [0.3, 0.4) is 0 Å². The lowest BCUT2D eigenvalue weighted by atomic mass is 9.81. The van der Waals surface area contributed by atoms with Gasteiger partial charge in [-0.15, -0.1) is 0 Å². The molecule has 1 saturated heterocycles. The summed E-state index contributed by atoms with van der Waals surface area (Å²) in [5.74, 6) is 1.54. The smallest absolute Gasteiger partial charge is 0.301 e. The number of nitrogens with one attached hydrogen (secondary N) is 1. The number of benzene rings is 2. The summed E-state index contributed by atoms with van der Waals surface area (Å²) in [7, 11) is -1.82. The Morgan fingerprint density at radius 3 is 2.62 bits per heavy atom. The Morgan fingerprint density at radius 1 is 1.16 bits per heavy atom. The highest BCUT2D eigenvalue weighted by Crippen LogP contribution is 2.48. The highest BCUT2D eigenvalue weighted by Gasteiger charge is 2.40. The molecule has 0 atom stereocenters. The fourth-order valence-corrected chi connectivity index (χ4v) is 6.21. The van der Waals surface area contributed by atoms with E-state index in [0.29, 0.717) is 18.8 Å². The predicted molar refractivity (Wildman–Crippen MR) is 126 cm³/mol. The van der Waals surface area contributed by atoms with Crippen LogP contribution in [0.1, 0.15) is 49.9 Å². The SMILES string of the molecule is COc1cc2c(c3c1OC(C)(C)C3)C(c1cccc(N3CCNS3(=O)=O)c1)=NC(C)(C)C2. The minimum absolute atomic E-state index is 0.298. The van der Waals surface area contributed by atoms with Gasteiger partial charge in [0.05, 0.1) is 24.0 Å². The van der Waals surface area contributed by atoms with Crippen molar-refractivity contribution in [3.63, 3.8) is 0 Å². The van der Waals surface area contributed by atoms with Crippen molar-refractivity contribution in [2.45, 2.75) is 51.7 Å². The maximum Gasteiger partial charge on any atom is 0.301 e. The van der Waals surface area contributed by atoms with Gasteiger partial charge >= 0.3 is 10.2 Å². The molecule has 2 aromatic rings. The zero-order valence-electron chi connectivity index (χ0n) is 19.2. The Hall–Kier alpha value is -2.58. The minimum Gasteiger partial charge on any atom is -0.493 e. The highest BCUT2D eigenvalue weighted by molar-refractivity contribution is 7.91. The molecular weight excluding hydrogens is 426 g/mol. The Kier molecular flexibility index (Phi) is 4.63. The maximum atomic E-state index is 12.4. The first-order valence-electron chi connectivity index (χ1n) is 10.9. The van der Waals surface area contributed by atoms with Gasteiger partial charge in [0.2, 0.25) is 0 Å². The van der Waals surface area contributed by atoms with Gasteiger partial charge in [-0.05, 0) is 57.9 Å². The van der Waals surface area contributed by atoms with Gasteiger partial charge in [0.25, 0.3) is 0 Å². The van der Waals surface area contributed by atoms with Crippen molar-refractivity contribution in [1.29, 1.82) is 0 Å². The van der Waals surface area contributed by atoms with Gasteiger partial charge in [0.15, 0.2) is 11.5 Å². The molecule has 1 fully saturated rings. The van der Waals surface area contributed by atoms with Crippen molar-refractivity contribution in [3.8, 4) is 11.5 Å². The molecule has 2 aromatic carbocycles. The van der Waals surface area contributed by atoms with E-state index < -0.39 is 10.2 Å². The Morgan fingerprint density at radius 2 is 1.94 bits per heavy atom. The number of ether oxygens (including phenoxy) is 2. The summed E-state index contributed by atoms with van der Waals surface area (Å²) in [6, 6.07) is 9.72. The Balaban J connectivity index is 1.70. The van der Waals surface area contributed by atoms with Gasteiger partial charge in [0.1, 0.15) is 5.60 Å². The summed E-state index contributed by atoms with van der Waals surface area (Å²) in [4.78, 5) is 5.15. The molecule has 32 heavy (non-hydrogen) atoms. The zero-order valence-corrected chi connectivity index (χ0v) is 20.0. The van der Waals surface area contributed by atoms with Crippen molar-refractivity contribution < 1.29 is 17.9 Å². The summed E-state index contributed by atoms with van der Waals surface area (Å²) in [5.41, 5.74) is 5.16. The first-order valence-corrected chi connectivity index (χ1v) is 12.3. The van der Waals surface area contributed by atoms with Gasteiger partial charge in [0, 0.05) is 36.2 Å². The molecule has 1 N–H and O–H groups in total. The molecule has 0 aromatic heterocycles. The minimum atomic E-state index is -3.50. The van der Waals surface area contributed by atoms with Crippen LogP contribution in [0, 0.1) is 0 Å². The normalized spacial score (nSPS) is 22.0. The zero-order chi connectivity index (χ0) is 22.9. The second-order valence-corrected chi connectivity index (χ2v) is 11.6. The fraction of sp³-hybridized carbons (Fsp3) is 0.458. The van der Waals surface area contributed by atoms with Crippen molar-refractivity contribution in [2.24, 2.45) is 4.99 Å². The molecule has 3 aliphatic heterocycles. The van der Waals surface area contributed by atoms with Crippen LogP contribution in [0.4, 0.5) is 5.69 Å². The van der Waals surface area contributed by atoms with Crippen molar-refractivity contribution in [2.75, 3.05) is 24.5 Å². The molecule has 0 radical (unpaired) electrons. The number of methoxy groups -OCH3 is 1. The van der Waals surface area contributed by atoms with Crippen molar-refractivity contribution in [1.82, 2.24) is 4.72 Å². The molecule has 0 spiro atoms. The summed E-state index contributed by atoms with van der Waals surface area (Å²) in [6.07, 6.45) is 1.55. The number of nitrogens with zero attached hydrogens (tertiary/aromatic N) is 2. The van der Waals surface area contributed by atoms with E-state index in [4.69, 9.17) is 14.5 Å². The van der Waals surface area contributed by atoms with Gasteiger partial charge in [-0.3, -0.25) is 9.30 Å². The molecular formula is C24H29N3O4S. The summed E-state index contributed by atoms with van der Waals surface area (Å²) < 4.78 is 40.7. The molecule has 0 bridgehead atoms. The van der Waals surface area contributed by atoms with Crippen LogP contribution in [0.15, 0.2) is 35.3 Å². The summed E-state index contributed by atoms with van der Waals surface area (Å²) in [5, 5.41) is 0. The lowest BCUT2D eigenvalue weighted by Gasteiger charge is -2.31. The van der Waals surface area contributed by atoms with Crippen LogP contribution in [-0.4, -0.2) is 45.5 Å². The number of rotatable bonds is 3. The molecule has 0 unspecified atom stereocenters. The fourth-order valence-electron chi connectivity index (χ4n) is 4.98. The molecule has 3 heterocycles. The number of anilines is 1. The highest BCUT2D eigenvalue weighted by atomic mass is 32.2. The lowest BCUT2D eigenvalue weighted by Crippen LogP contribution is -2.31. The maximum absolute atomic E-state index is 12.4. The van der Waals surface area contributed by atoms with Crippen LogP contribution < -0.4 is 18.5 Å². The van der Waals surface area contributed by atoms with Crippen molar-refractivity contribution >= 4 is 21.6 Å². The topological polar surface area (TPSA) is 80.2 Å². The second kappa shape index (κ2) is 6.96. The van der Waals surface area contributed by atoms with Crippen molar-refractivity contribution in [3.05, 3.63) is 52.6 Å². The first-order chi connectivity index (χ1) is 15.0. The Bertz CT molecular complexity index is 1250. The first kappa shape index (κ1) is 21.3. The van der Waals surface area contributed by atoms with E-state index in [-0.39, 0.29) is 11.1 Å². The Labute approximate surface area is 189 Å². The van der Waals surface area contributed by atoms with E-state index in [1.807, 2.05) is 24.3 Å². The number of hydrogen-bond acceptors (Lipinski definition) is 5. The quantitative estimate of drug-likeness (QED) is 0.771. The molecule has 3 aliphatic rings. The molecule has 5 rings (SSSR count). The molecule has 170 valence electrons. The van der Waals surface area contributed by atoms with Crippen LogP contribution in [0.25, 0.3) is 0 Å². The van der Waals surface area contributed by atoms with Gasteiger partial charge in [-0.1, -0.05) is 12.1 Å². The van der Waals surface area contributed by atoms with Crippen LogP contribution in [0.2, 0.25) is 0 Å². The number of aliphatic imine (C=N–C) groups is 1. The van der Waals surface area contributed by atoms with Crippen LogP contribution in [-0.2, 0) is 23.1 Å². The van der Waals surface area contributed by atoms with Crippen LogP contribution in [0.5, 0.6) is 11.5 Å². The second-order valence-electron chi connectivity index (χ2n) is 9.93. The van der Waals surface area contributed by atoms with Gasteiger partial charge in [-0.25, -0.2) is 0 Å². The monoisotopic (exact) mass is 455 g/mol. The average Bonchev–Trinajstić information content (AvgIpc) is 3.23. The summed E-state index contributed by atoms with van der Waals surface area (Å²) >= 11 is 0. The van der Waals surface area contributed by atoms with E-state index in [2.05, 4.69) is 38.5 Å². The van der Waals surface area contributed by atoms with E-state index in [9.17, 15) is 8.42 Å². The lowest BCUT2D eigenvalue weighted by molar-refractivity contribution is 0.134. The number of hydrogen-bond donors (Lipinski definition) is 1. The molecule has 0 aliphatic carbocycles. The molecule has 0 amide bonds. The third kappa shape index (κ3) is 3.46. The summed E-state index contributed by atoms with van der Waals surface area (Å²) in [6.45, 7) is 9.21. The number of fused-ring (bicyclic) bond motifs is 3. The van der Waals surface area contributed by atoms with E-state index in [1.165, 1.54) is 9.87 Å². The molecule has 0 saturated carbocycles. The standard InChI is InChI=1S/C24H29N3O4S/c1-23(2)13-16-12-19(30-5)22-18(14-24(3,4)31-22)20(16)21(26-23)15-7-6-8-17(11-15)27-10-9-25-32(27,28)29/h6-8,11-12,25H,9-10,13-14H2,1-5H3. The van der Waals surface area contributed by atoms with E-state index >= 15 is 0 Å². The van der Waals surface area contributed by atoms with Gasteiger partial charge < -0.3 is 9.47 Å². The predicted octanol–water partition coefficient (Wildman–Crippen LogP) is 3.24. The third-order valence-corrected chi connectivity index (χ3v) is 7.74. The average molecular weight is 456 g/mol.